The molecule has 0 aromatic rings. The summed E-state index contributed by atoms with van der Waals surface area (Å²) in [7, 11) is 1.74. The van der Waals surface area contributed by atoms with Crippen LogP contribution < -0.4 is 5.32 Å². The third-order valence-electron chi connectivity index (χ3n) is 7.64. The number of nitrogens with one attached hydrogen (secondary N) is 1. The molecule has 2 fully saturated rings. The van der Waals surface area contributed by atoms with E-state index in [2.05, 4.69) is 5.32 Å². The van der Waals surface area contributed by atoms with Crippen LogP contribution in [0.2, 0.25) is 0 Å². The van der Waals surface area contributed by atoms with Gasteiger partial charge in [-0.2, -0.15) is 0 Å². The van der Waals surface area contributed by atoms with E-state index < -0.39 is 42.3 Å². The topological polar surface area (TPSA) is 117 Å². The molecule has 0 radical (unpaired) electrons. The molecule has 2 rings (SSSR count). The maximum atomic E-state index is 13.2. The highest BCUT2D eigenvalue weighted by atomic mass is 16.7. The van der Waals surface area contributed by atoms with Crippen molar-refractivity contribution in [3.63, 3.8) is 0 Å². The number of ketones is 2. The number of carbonyl (C=O) groups is 4. The number of fused-ring (bicyclic) bond motifs is 1. The van der Waals surface area contributed by atoms with Crippen LogP contribution in [0.3, 0.4) is 0 Å². The van der Waals surface area contributed by atoms with E-state index in [1.165, 1.54) is 0 Å². The third kappa shape index (κ3) is 12.0. The second kappa shape index (κ2) is 17.9. The highest BCUT2D eigenvalue weighted by molar-refractivity contribution is 5.84. The number of hydrogen-bond acceptors (Lipinski definition) is 9. The zero-order valence-electron chi connectivity index (χ0n) is 25.6. The highest BCUT2D eigenvalue weighted by Crippen LogP contribution is 2.32. The number of ether oxygens (including phenoxy) is 4. The number of carbonyl (C=O) groups excluding carboxylic acids is 4. The summed E-state index contributed by atoms with van der Waals surface area (Å²) in [5, 5.41) is 3.01. The second-order valence-electron chi connectivity index (χ2n) is 12.4. The zero-order chi connectivity index (χ0) is 29.7. The standard InChI is InChI=1S/C31H53NO8/c1-20(2)15-23(17-24(34)14-12-10-8-7-9-11-13-22(5)33)30(35)39-26-18-37-29-27(19-38-28(26)29)40-31(36)25(32-6)16-21(3)4/h20-21,23,25-29,32H,7-19H2,1-6H3/t23?,25?,26-,27+,28?,29?/m0/s1. The number of likely N-dealkylation sites (N-methyl/N-ethyl adjacent to an activating group) is 1. The Morgan fingerprint density at radius 3 is 1.75 bits per heavy atom. The van der Waals surface area contributed by atoms with Crippen molar-refractivity contribution >= 4 is 23.5 Å². The van der Waals surface area contributed by atoms with Crippen LogP contribution in [0.25, 0.3) is 0 Å². The fraction of sp³-hybridized carbons (Fsp3) is 0.871. The van der Waals surface area contributed by atoms with Crippen molar-refractivity contribution in [2.75, 3.05) is 20.3 Å². The van der Waals surface area contributed by atoms with Gasteiger partial charge in [0.25, 0.3) is 0 Å². The minimum absolute atomic E-state index is 0.0873. The predicted molar refractivity (Wildman–Crippen MR) is 152 cm³/mol. The number of unbranched alkanes of at least 4 members (excludes halogenated alkanes) is 5. The van der Waals surface area contributed by atoms with E-state index in [1.807, 2.05) is 27.7 Å². The van der Waals surface area contributed by atoms with Crippen molar-refractivity contribution in [2.24, 2.45) is 17.8 Å². The SMILES string of the molecule is CNC(CC(C)C)C(=O)O[C@@H]1COC2C1OC[C@@H]2OC(=O)C(CC(=O)CCCCCCCCC(C)=O)CC(C)C. The maximum absolute atomic E-state index is 13.2. The highest BCUT2D eigenvalue weighted by Gasteiger charge is 2.51. The summed E-state index contributed by atoms with van der Waals surface area (Å²) in [4.78, 5) is 49.5. The van der Waals surface area contributed by atoms with Crippen molar-refractivity contribution < 1.29 is 38.1 Å². The van der Waals surface area contributed by atoms with Crippen LogP contribution in [-0.4, -0.2) is 74.2 Å². The van der Waals surface area contributed by atoms with Crippen LogP contribution in [0, 0.1) is 17.8 Å². The predicted octanol–water partition coefficient (Wildman–Crippen LogP) is 4.57. The first kappa shape index (κ1) is 34.4. The summed E-state index contributed by atoms with van der Waals surface area (Å²) >= 11 is 0. The minimum atomic E-state index is -0.593. The van der Waals surface area contributed by atoms with Crippen LogP contribution in [0.15, 0.2) is 0 Å². The van der Waals surface area contributed by atoms with Gasteiger partial charge in [-0.05, 0) is 51.5 Å². The van der Waals surface area contributed by atoms with Gasteiger partial charge in [0.15, 0.2) is 12.2 Å². The van der Waals surface area contributed by atoms with Crippen LogP contribution in [-0.2, 0) is 38.1 Å². The van der Waals surface area contributed by atoms with E-state index in [0.717, 1.165) is 38.5 Å². The van der Waals surface area contributed by atoms with E-state index in [4.69, 9.17) is 18.9 Å². The molecule has 2 aliphatic rings. The molecule has 4 unspecified atom stereocenters. The molecule has 0 aromatic heterocycles. The average molecular weight is 568 g/mol. The Balaban J connectivity index is 1.79. The first-order valence-corrected chi connectivity index (χ1v) is 15.3. The molecule has 230 valence electrons. The summed E-state index contributed by atoms with van der Waals surface area (Å²) in [6.07, 6.45) is 6.31. The number of hydrogen-bond donors (Lipinski definition) is 1. The fourth-order valence-electron chi connectivity index (χ4n) is 5.52. The summed E-state index contributed by atoms with van der Waals surface area (Å²) < 4.78 is 23.3. The minimum Gasteiger partial charge on any atom is -0.457 e. The summed E-state index contributed by atoms with van der Waals surface area (Å²) in [5.74, 6) is -0.323. The molecule has 0 aromatic carbocycles. The lowest BCUT2D eigenvalue weighted by Crippen LogP contribution is -2.42. The molecule has 40 heavy (non-hydrogen) atoms. The number of rotatable bonds is 20. The smallest absolute Gasteiger partial charge is 0.323 e. The zero-order valence-corrected chi connectivity index (χ0v) is 25.6. The third-order valence-corrected chi connectivity index (χ3v) is 7.64. The molecule has 2 aliphatic heterocycles. The Morgan fingerprint density at radius 1 is 0.750 bits per heavy atom. The monoisotopic (exact) mass is 567 g/mol. The lowest BCUT2D eigenvalue weighted by atomic mass is 9.91. The average Bonchev–Trinajstić information content (AvgIpc) is 3.46. The molecule has 0 bridgehead atoms. The summed E-state index contributed by atoms with van der Waals surface area (Å²) in [6.45, 7) is 10.1. The molecule has 9 nitrogen and oxygen atoms in total. The number of esters is 2. The van der Waals surface area contributed by atoms with Crippen LogP contribution in [0.4, 0.5) is 0 Å². The Morgan fingerprint density at radius 2 is 1.25 bits per heavy atom. The van der Waals surface area contributed by atoms with E-state index in [9.17, 15) is 19.2 Å². The van der Waals surface area contributed by atoms with Crippen molar-refractivity contribution in [1.82, 2.24) is 5.32 Å². The molecule has 0 spiro atoms. The Hall–Kier alpha value is -1.84. The molecule has 2 saturated heterocycles. The lowest BCUT2D eigenvalue weighted by Gasteiger charge is -2.22. The first-order chi connectivity index (χ1) is 19.0. The van der Waals surface area contributed by atoms with Crippen LogP contribution in [0.1, 0.15) is 105 Å². The van der Waals surface area contributed by atoms with Gasteiger partial charge < -0.3 is 29.1 Å². The van der Waals surface area contributed by atoms with Crippen LogP contribution >= 0.6 is 0 Å². The van der Waals surface area contributed by atoms with Gasteiger partial charge in [-0.3, -0.25) is 14.4 Å². The number of Topliss-reactive ketones (excluding diaryl/α,β-unsaturated/α-hetero) is 2. The van der Waals surface area contributed by atoms with Gasteiger partial charge in [0.2, 0.25) is 0 Å². The molecule has 0 saturated carbocycles. The van der Waals surface area contributed by atoms with Crippen molar-refractivity contribution in [1.29, 1.82) is 0 Å². The quantitative estimate of drug-likeness (QED) is 0.167. The van der Waals surface area contributed by atoms with E-state index in [-0.39, 0.29) is 43.1 Å². The molecule has 0 amide bonds. The first-order valence-electron chi connectivity index (χ1n) is 15.3. The Bertz CT molecular complexity index is 813. The van der Waals surface area contributed by atoms with Gasteiger partial charge in [-0.25, -0.2) is 0 Å². The van der Waals surface area contributed by atoms with Crippen molar-refractivity contribution in [3.8, 4) is 0 Å². The van der Waals surface area contributed by atoms with Gasteiger partial charge >= 0.3 is 11.9 Å². The maximum Gasteiger partial charge on any atom is 0.323 e. The van der Waals surface area contributed by atoms with Crippen LogP contribution in [0.5, 0.6) is 0 Å². The Labute approximate surface area is 240 Å². The molecular formula is C31H53NO8. The molecule has 9 heteroatoms. The van der Waals surface area contributed by atoms with E-state index >= 15 is 0 Å². The normalized spacial score (nSPS) is 23.7. The fourth-order valence-corrected chi connectivity index (χ4v) is 5.52. The second-order valence-corrected chi connectivity index (χ2v) is 12.4. The molecular weight excluding hydrogens is 514 g/mol. The van der Waals surface area contributed by atoms with E-state index in [1.54, 1.807) is 14.0 Å². The largest absolute Gasteiger partial charge is 0.457 e. The molecule has 2 heterocycles. The van der Waals surface area contributed by atoms with E-state index in [0.29, 0.717) is 31.6 Å². The van der Waals surface area contributed by atoms with Gasteiger partial charge in [-0.15, -0.1) is 0 Å². The molecule has 1 N–H and O–H groups in total. The van der Waals surface area contributed by atoms with Crippen molar-refractivity contribution in [2.45, 2.75) is 136 Å². The van der Waals surface area contributed by atoms with Gasteiger partial charge in [0.05, 0.1) is 19.1 Å². The van der Waals surface area contributed by atoms with Crippen molar-refractivity contribution in [3.05, 3.63) is 0 Å². The summed E-state index contributed by atoms with van der Waals surface area (Å²) in [6, 6.07) is -0.402. The van der Waals surface area contributed by atoms with Gasteiger partial charge in [-0.1, -0.05) is 53.4 Å². The summed E-state index contributed by atoms with van der Waals surface area (Å²) in [5.41, 5.74) is 0. The van der Waals surface area contributed by atoms with Gasteiger partial charge in [0.1, 0.15) is 29.8 Å². The molecule has 0 aliphatic carbocycles. The van der Waals surface area contributed by atoms with Gasteiger partial charge in [0, 0.05) is 19.3 Å². The lowest BCUT2D eigenvalue weighted by molar-refractivity contribution is -0.161. The molecule has 6 atom stereocenters. The Kier molecular flexibility index (Phi) is 15.3.